The molecule has 11 nitrogen and oxygen atoms in total. The quantitative estimate of drug-likeness (QED) is 0.426. The molecule has 0 saturated carbocycles. The van der Waals surface area contributed by atoms with Gasteiger partial charge in [0.15, 0.2) is 6.61 Å². The Labute approximate surface area is 152 Å². The number of rotatable bonds is 7. The molecule has 0 unspecified atom stereocenters. The third-order valence-electron chi connectivity index (χ3n) is 3.26. The van der Waals surface area contributed by atoms with Gasteiger partial charge in [0.2, 0.25) is 5.75 Å². The Bertz CT molecular complexity index is 927. The predicted octanol–water partition coefficient (Wildman–Crippen LogP) is 2.05. The van der Waals surface area contributed by atoms with E-state index >= 15 is 0 Å². The number of nitro benzene ring substituents is 2. The van der Waals surface area contributed by atoms with Gasteiger partial charge >= 0.3 is 5.69 Å². The minimum Gasteiger partial charge on any atom is -0.502 e. The summed E-state index contributed by atoms with van der Waals surface area (Å²) in [5, 5.41) is 35.0. The molecule has 0 spiro atoms. The fraction of sp³-hybridized carbons (Fsp3) is 0.125. The molecule has 0 heterocycles. The summed E-state index contributed by atoms with van der Waals surface area (Å²) in [5.74, 6) is -0.951. The van der Waals surface area contributed by atoms with Crippen molar-refractivity contribution in [2.24, 2.45) is 5.10 Å². The third-order valence-corrected chi connectivity index (χ3v) is 3.26. The SMILES string of the molecule is Cc1cccc(OCC(=O)N/N=C/c2cc([N+](=O)[O-])cc([N+](=O)[O-])c2O)c1. The van der Waals surface area contributed by atoms with Gasteiger partial charge in [-0.15, -0.1) is 0 Å². The first-order chi connectivity index (χ1) is 12.8. The molecule has 0 aliphatic carbocycles. The minimum atomic E-state index is -0.964. The van der Waals surface area contributed by atoms with Crippen LogP contribution in [0, 0.1) is 27.2 Å². The molecule has 0 aromatic heterocycles. The van der Waals surface area contributed by atoms with Gasteiger partial charge in [-0.1, -0.05) is 12.1 Å². The number of aromatic hydroxyl groups is 1. The van der Waals surface area contributed by atoms with Crippen LogP contribution in [-0.4, -0.2) is 33.7 Å². The summed E-state index contributed by atoms with van der Waals surface area (Å²) in [7, 11) is 0. The van der Waals surface area contributed by atoms with Crippen molar-refractivity contribution in [3.05, 3.63) is 67.8 Å². The fourth-order valence-corrected chi connectivity index (χ4v) is 2.03. The van der Waals surface area contributed by atoms with E-state index in [-0.39, 0.29) is 12.2 Å². The zero-order chi connectivity index (χ0) is 20.0. The molecule has 11 heteroatoms. The van der Waals surface area contributed by atoms with Gasteiger partial charge in [0, 0.05) is 6.07 Å². The van der Waals surface area contributed by atoms with Crippen LogP contribution < -0.4 is 10.2 Å². The van der Waals surface area contributed by atoms with Gasteiger partial charge < -0.3 is 9.84 Å². The second kappa shape index (κ2) is 8.38. The van der Waals surface area contributed by atoms with E-state index in [0.29, 0.717) is 11.8 Å². The summed E-state index contributed by atoms with van der Waals surface area (Å²) >= 11 is 0. The van der Waals surface area contributed by atoms with Gasteiger partial charge in [0.25, 0.3) is 11.6 Å². The van der Waals surface area contributed by atoms with Crippen LogP contribution in [0.1, 0.15) is 11.1 Å². The first-order valence-electron chi connectivity index (χ1n) is 7.45. The molecular weight excluding hydrogens is 360 g/mol. The van der Waals surface area contributed by atoms with Crippen LogP contribution in [-0.2, 0) is 4.79 Å². The molecule has 0 aliphatic rings. The number of phenols is 1. The van der Waals surface area contributed by atoms with Crippen molar-refractivity contribution < 1.29 is 24.5 Å². The predicted molar refractivity (Wildman–Crippen MR) is 93.8 cm³/mol. The number of phenolic OH excluding ortho intramolecular Hbond substituents is 1. The summed E-state index contributed by atoms with van der Waals surface area (Å²) < 4.78 is 5.26. The fourth-order valence-electron chi connectivity index (χ4n) is 2.03. The number of benzene rings is 2. The molecule has 0 fully saturated rings. The smallest absolute Gasteiger partial charge is 0.318 e. The molecular formula is C16H14N4O7. The highest BCUT2D eigenvalue weighted by atomic mass is 16.6. The van der Waals surface area contributed by atoms with Crippen molar-refractivity contribution in [1.82, 2.24) is 5.43 Å². The van der Waals surface area contributed by atoms with Crippen LogP contribution in [0.4, 0.5) is 11.4 Å². The molecule has 1 amide bonds. The number of aryl methyl sites for hydroxylation is 1. The lowest BCUT2D eigenvalue weighted by atomic mass is 10.1. The van der Waals surface area contributed by atoms with Crippen LogP contribution in [0.3, 0.4) is 0 Å². The van der Waals surface area contributed by atoms with Crippen LogP contribution in [0.15, 0.2) is 41.5 Å². The monoisotopic (exact) mass is 374 g/mol. The van der Waals surface area contributed by atoms with Gasteiger partial charge in [-0.2, -0.15) is 5.10 Å². The lowest BCUT2D eigenvalue weighted by molar-refractivity contribution is -0.394. The van der Waals surface area contributed by atoms with E-state index in [1.54, 1.807) is 18.2 Å². The molecule has 2 N–H and O–H groups in total. The lowest BCUT2D eigenvalue weighted by Gasteiger charge is -2.05. The second-order valence-corrected chi connectivity index (χ2v) is 5.32. The highest BCUT2D eigenvalue weighted by molar-refractivity contribution is 5.88. The Kier molecular flexibility index (Phi) is 5.99. The van der Waals surface area contributed by atoms with Gasteiger partial charge in [0.05, 0.1) is 27.7 Å². The Morgan fingerprint density at radius 1 is 1.26 bits per heavy atom. The van der Waals surface area contributed by atoms with Crippen LogP contribution >= 0.6 is 0 Å². The Morgan fingerprint density at radius 3 is 2.63 bits per heavy atom. The number of nitro groups is 2. The number of ether oxygens (including phenoxy) is 1. The summed E-state index contributed by atoms with van der Waals surface area (Å²) in [6, 6.07) is 8.55. The Morgan fingerprint density at radius 2 is 2.00 bits per heavy atom. The van der Waals surface area contributed by atoms with Crippen molar-refractivity contribution in [3.8, 4) is 11.5 Å². The van der Waals surface area contributed by atoms with Crippen molar-refractivity contribution in [2.45, 2.75) is 6.92 Å². The Balaban J connectivity index is 2.05. The number of non-ortho nitro benzene ring substituents is 1. The largest absolute Gasteiger partial charge is 0.502 e. The van der Waals surface area contributed by atoms with E-state index in [1.807, 2.05) is 13.0 Å². The number of carbonyl (C=O) groups excluding carboxylic acids is 1. The zero-order valence-corrected chi connectivity index (χ0v) is 14.0. The summed E-state index contributed by atoms with van der Waals surface area (Å²) in [5.41, 5.74) is 1.30. The zero-order valence-electron chi connectivity index (χ0n) is 14.0. The van der Waals surface area contributed by atoms with Crippen LogP contribution in [0.2, 0.25) is 0 Å². The molecule has 2 aromatic carbocycles. The van der Waals surface area contributed by atoms with Crippen molar-refractivity contribution in [2.75, 3.05) is 6.61 Å². The molecule has 0 bridgehead atoms. The van der Waals surface area contributed by atoms with Gasteiger partial charge in [0.1, 0.15) is 5.75 Å². The lowest BCUT2D eigenvalue weighted by Crippen LogP contribution is -2.24. The van der Waals surface area contributed by atoms with E-state index < -0.39 is 32.9 Å². The second-order valence-electron chi connectivity index (χ2n) is 5.32. The third kappa shape index (κ3) is 5.22. The van der Waals surface area contributed by atoms with E-state index in [1.165, 1.54) is 0 Å². The Hall–Kier alpha value is -4.02. The molecule has 27 heavy (non-hydrogen) atoms. The molecule has 0 radical (unpaired) electrons. The average Bonchev–Trinajstić information content (AvgIpc) is 2.61. The number of carbonyl (C=O) groups is 1. The topological polar surface area (TPSA) is 157 Å². The van der Waals surface area contributed by atoms with E-state index in [4.69, 9.17) is 4.74 Å². The van der Waals surface area contributed by atoms with Crippen molar-refractivity contribution >= 4 is 23.5 Å². The molecule has 2 rings (SSSR count). The van der Waals surface area contributed by atoms with E-state index in [9.17, 15) is 30.1 Å². The van der Waals surface area contributed by atoms with E-state index in [0.717, 1.165) is 17.8 Å². The van der Waals surface area contributed by atoms with E-state index in [2.05, 4.69) is 10.5 Å². The highest BCUT2D eigenvalue weighted by Crippen LogP contribution is 2.33. The first kappa shape index (κ1) is 19.3. The number of nitrogens with one attached hydrogen (secondary N) is 1. The van der Waals surface area contributed by atoms with Crippen LogP contribution in [0.5, 0.6) is 11.5 Å². The molecule has 0 saturated heterocycles. The van der Waals surface area contributed by atoms with Gasteiger partial charge in [-0.25, -0.2) is 5.43 Å². The highest BCUT2D eigenvalue weighted by Gasteiger charge is 2.23. The summed E-state index contributed by atoms with van der Waals surface area (Å²) in [6.07, 6.45) is 0.861. The average molecular weight is 374 g/mol. The first-order valence-corrected chi connectivity index (χ1v) is 7.45. The maximum Gasteiger partial charge on any atom is 0.318 e. The standard InChI is InChI=1S/C16H14N4O7/c1-10-3-2-4-13(5-10)27-9-15(21)18-17-8-11-6-12(19(23)24)7-14(16(11)22)20(25)26/h2-8,22H,9H2,1H3,(H,18,21)/b17-8+. The molecule has 140 valence electrons. The molecule has 0 atom stereocenters. The number of hydrazone groups is 1. The van der Waals surface area contributed by atoms with Gasteiger partial charge in [-0.05, 0) is 24.6 Å². The molecule has 0 aliphatic heterocycles. The number of nitrogens with zero attached hydrogens (tertiary/aromatic N) is 3. The number of amides is 1. The molecule has 2 aromatic rings. The normalized spacial score (nSPS) is 10.6. The maximum atomic E-state index is 11.7. The minimum absolute atomic E-state index is 0.296. The maximum absolute atomic E-state index is 11.7. The number of hydrogen-bond acceptors (Lipinski definition) is 8. The van der Waals surface area contributed by atoms with Crippen LogP contribution in [0.25, 0.3) is 0 Å². The van der Waals surface area contributed by atoms with Crippen molar-refractivity contribution in [1.29, 1.82) is 0 Å². The summed E-state index contributed by atoms with van der Waals surface area (Å²) in [6.45, 7) is 1.52. The number of hydrogen-bond donors (Lipinski definition) is 2. The summed E-state index contributed by atoms with van der Waals surface area (Å²) in [4.78, 5) is 31.6. The van der Waals surface area contributed by atoms with Gasteiger partial charge in [-0.3, -0.25) is 25.0 Å². The van der Waals surface area contributed by atoms with Crippen molar-refractivity contribution in [3.63, 3.8) is 0 Å².